The summed E-state index contributed by atoms with van der Waals surface area (Å²) >= 11 is 12.2. The number of amides is 1. The lowest BCUT2D eigenvalue weighted by molar-refractivity contribution is -0.138. The molecule has 0 saturated carbocycles. The molecule has 0 aliphatic carbocycles. The Kier molecular flexibility index (Phi) is 6.00. The van der Waals surface area contributed by atoms with Crippen LogP contribution in [0.5, 0.6) is 0 Å². The minimum absolute atomic E-state index is 0.0148. The van der Waals surface area contributed by atoms with Crippen LogP contribution in [0.1, 0.15) is 26.2 Å². The van der Waals surface area contributed by atoms with Crippen molar-refractivity contribution < 1.29 is 14.6 Å². The number of carbonyl (C=O) groups excluding carboxylic acids is 1. The van der Waals surface area contributed by atoms with Gasteiger partial charge in [0.2, 0.25) is 5.91 Å². The summed E-state index contributed by atoms with van der Waals surface area (Å²) in [6.45, 7) is 6.92. The molecule has 0 bridgehead atoms. The minimum Gasteiger partial charge on any atom is -0.493 e. The maximum Gasteiger partial charge on any atom is 0.248 e. The van der Waals surface area contributed by atoms with E-state index in [1.165, 1.54) is 5.54 Å². The summed E-state index contributed by atoms with van der Waals surface area (Å²) in [5.74, 6) is 0.520. The van der Waals surface area contributed by atoms with Crippen LogP contribution in [0.4, 0.5) is 0 Å². The Morgan fingerprint density at radius 3 is 2.96 bits per heavy atom. The van der Waals surface area contributed by atoms with Crippen molar-refractivity contribution in [2.45, 2.75) is 38.3 Å². The van der Waals surface area contributed by atoms with E-state index in [0.29, 0.717) is 18.2 Å². The predicted octanol–water partition coefficient (Wildman–Crippen LogP) is 3.01. The van der Waals surface area contributed by atoms with Gasteiger partial charge in [-0.15, -0.1) is 0 Å². The van der Waals surface area contributed by atoms with Gasteiger partial charge in [0.1, 0.15) is 12.4 Å². The first-order chi connectivity index (χ1) is 12.5. The maximum absolute atomic E-state index is 12.1. The molecule has 0 radical (unpaired) electrons. The van der Waals surface area contributed by atoms with E-state index in [4.69, 9.17) is 27.9 Å². The van der Waals surface area contributed by atoms with E-state index >= 15 is 0 Å². The third-order valence-corrected chi connectivity index (χ3v) is 5.95. The second-order valence-electron chi connectivity index (χ2n) is 6.93. The number of likely N-dealkylation sites (tertiary alicyclic amines) is 1. The van der Waals surface area contributed by atoms with E-state index in [1.54, 1.807) is 4.90 Å². The maximum atomic E-state index is 12.1. The number of fused-ring (bicyclic) bond motifs is 1. The first-order valence-electron chi connectivity index (χ1n) is 8.87. The molecule has 0 aromatic carbocycles. The summed E-state index contributed by atoms with van der Waals surface area (Å²) in [5, 5.41) is 13.2. The molecule has 26 heavy (non-hydrogen) atoms. The van der Waals surface area contributed by atoms with Crippen molar-refractivity contribution in [3.63, 3.8) is 0 Å². The highest BCUT2D eigenvalue weighted by Gasteiger charge is 2.44. The summed E-state index contributed by atoms with van der Waals surface area (Å²) in [6.07, 6.45) is 4.74. The number of nitrogens with zero attached hydrogens (tertiary/aromatic N) is 1. The van der Waals surface area contributed by atoms with Gasteiger partial charge >= 0.3 is 0 Å². The summed E-state index contributed by atoms with van der Waals surface area (Å²) in [4.78, 5) is 13.9. The average Bonchev–Trinajstić information content (AvgIpc) is 3.04. The number of hydrogen-bond donors (Lipinski definition) is 2. The fourth-order valence-corrected chi connectivity index (χ4v) is 4.31. The molecule has 1 saturated heterocycles. The second-order valence-corrected chi connectivity index (χ2v) is 7.56. The molecule has 5 nitrogen and oxygen atoms in total. The van der Waals surface area contributed by atoms with E-state index in [0.717, 1.165) is 41.9 Å². The highest BCUT2D eigenvalue weighted by Crippen LogP contribution is 2.42. The van der Waals surface area contributed by atoms with E-state index in [9.17, 15) is 9.90 Å². The Hall–Kier alpha value is -1.43. The molecule has 3 heterocycles. The zero-order chi connectivity index (χ0) is 18.8. The zero-order valence-corrected chi connectivity index (χ0v) is 16.3. The molecule has 0 spiro atoms. The van der Waals surface area contributed by atoms with E-state index in [-0.39, 0.29) is 23.9 Å². The van der Waals surface area contributed by atoms with Crippen molar-refractivity contribution >= 4 is 29.1 Å². The number of halogens is 2. The van der Waals surface area contributed by atoms with E-state index in [2.05, 4.69) is 11.9 Å². The normalized spacial score (nSPS) is 28.9. The number of carbonyl (C=O) groups is 1. The fraction of sp³-hybridized carbons (Fsp3) is 0.526. The van der Waals surface area contributed by atoms with Crippen LogP contribution in [0.15, 0.2) is 45.8 Å². The van der Waals surface area contributed by atoms with Crippen molar-refractivity contribution in [2.75, 3.05) is 19.8 Å². The van der Waals surface area contributed by atoms with Gasteiger partial charge < -0.3 is 20.1 Å². The van der Waals surface area contributed by atoms with Crippen molar-refractivity contribution in [1.82, 2.24) is 10.2 Å². The van der Waals surface area contributed by atoms with Crippen LogP contribution in [0.2, 0.25) is 0 Å². The number of piperidine rings is 1. The van der Waals surface area contributed by atoms with Gasteiger partial charge in [-0.05, 0) is 37.8 Å². The molecule has 1 fully saturated rings. The fourth-order valence-electron chi connectivity index (χ4n) is 4.04. The molecular formula is C19H24Cl2N2O3. The Balaban J connectivity index is 1.97. The molecule has 3 unspecified atom stereocenters. The molecule has 7 heteroatoms. The molecule has 3 rings (SSSR count). The van der Waals surface area contributed by atoms with Crippen LogP contribution in [-0.4, -0.2) is 47.8 Å². The summed E-state index contributed by atoms with van der Waals surface area (Å²) in [6, 6.07) is 0.158. The van der Waals surface area contributed by atoms with Crippen LogP contribution < -0.4 is 5.32 Å². The first-order valence-corrected chi connectivity index (χ1v) is 9.69. The van der Waals surface area contributed by atoms with Gasteiger partial charge in [0.25, 0.3) is 0 Å². The number of nitrogens with one attached hydrogen (secondary N) is 1. The van der Waals surface area contributed by atoms with E-state index < -0.39 is 6.61 Å². The van der Waals surface area contributed by atoms with Gasteiger partial charge in [-0.2, -0.15) is 0 Å². The number of ether oxygens (including phenoxy) is 1. The minimum atomic E-state index is -0.487. The number of hydrogen-bond acceptors (Lipinski definition) is 4. The number of aliphatic hydroxyl groups excluding tert-OH is 1. The Bertz CT molecular complexity index is 699. The first kappa shape index (κ1) is 19.3. The molecule has 0 aromatic heterocycles. The van der Waals surface area contributed by atoms with Crippen LogP contribution in [0, 0.1) is 5.92 Å². The van der Waals surface area contributed by atoms with Gasteiger partial charge in [-0.25, -0.2) is 0 Å². The van der Waals surface area contributed by atoms with Gasteiger partial charge in [-0.1, -0.05) is 29.8 Å². The smallest absolute Gasteiger partial charge is 0.248 e. The predicted molar refractivity (Wildman–Crippen MR) is 103 cm³/mol. The Labute approximate surface area is 164 Å². The zero-order valence-electron chi connectivity index (χ0n) is 14.8. The summed E-state index contributed by atoms with van der Waals surface area (Å²) in [7, 11) is 0. The SMILES string of the molecule is C=C(C1=CCCCO1)C1=C(/C(Cl)=C/Cl)NC2CC(C)N(C(=O)CO)CC12. The molecule has 142 valence electrons. The van der Waals surface area contributed by atoms with Crippen LogP contribution >= 0.6 is 23.2 Å². The summed E-state index contributed by atoms with van der Waals surface area (Å²) in [5.41, 5.74) is 3.81. The summed E-state index contributed by atoms with van der Waals surface area (Å²) < 4.78 is 5.79. The van der Waals surface area contributed by atoms with Crippen molar-refractivity contribution in [3.05, 3.63) is 45.8 Å². The number of aliphatic hydroxyl groups is 1. The molecular weight excluding hydrogens is 375 g/mol. The second kappa shape index (κ2) is 8.07. The van der Waals surface area contributed by atoms with Gasteiger partial charge in [0.15, 0.2) is 0 Å². The van der Waals surface area contributed by atoms with Crippen molar-refractivity contribution in [2.24, 2.45) is 5.92 Å². The third kappa shape index (κ3) is 3.53. The highest BCUT2D eigenvalue weighted by molar-refractivity contribution is 6.38. The molecule has 3 aliphatic heterocycles. The van der Waals surface area contributed by atoms with Crippen molar-refractivity contribution in [3.8, 4) is 0 Å². The molecule has 3 atom stereocenters. The standard InChI is InChI=1S/C19H24Cl2N2O3/c1-11-7-15-13(9-23(11)17(25)10-24)18(19(22-15)14(21)8-20)12(2)16-5-3-4-6-26-16/h5,8,11,13,15,22,24H,2-4,6-7,9-10H2,1H3/b14-8-. The topological polar surface area (TPSA) is 61.8 Å². The quantitative estimate of drug-likeness (QED) is 0.763. The molecule has 0 aromatic rings. The number of allylic oxidation sites excluding steroid dienone is 3. The lowest BCUT2D eigenvalue weighted by Crippen LogP contribution is -2.53. The number of rotatable bonds is 4. The van der Waals surface area contributed by atoms with Crippen LogP contribution in [0.3, 0.4) is 0 Å². The van der Waals surface area contributed by atoms with Gasteiger partial charge in [0.05, 0.1) is 17.3 Å². The molecule has 2 N–H and O–H groups in total. The van der Waals surface area contributed by atoms with Crippen molar-refractivity contribution in [1.29, 1.82) is 0 Å². The third-order valence-electron chi connectivity index (χ3n) is 5.32. The largest absolute Gasteiger partial charge is 0.493 e. The Morgan fingerprint density at radius 1 is 1.58 bits per heavy atom. The average molecular weight is 399 g/mol. The van der Waals surface area contributed by atoms with E-state index in [1.807, 2.05) is 13.0 Å². The molecule has 3 aliphatic rings. The monoisotopic (exact) mass is 398 g/mol. The van der Waals surface area contributed by atoms with Gasteiger partial charge in [-0.3, -0.25) is 4.79 Å². The van der Waals surface area contributed by atoms with Crippen LogP contribution in [0.25, 0.3) is 0 Å². The lowest BCUT2D eigenvalue weighted by atomic mass is 9.82. The Morgan fingerprint density at radius 2 is 2.35 bits per heavy atom. The van der Waals surface area contributed by atoms with Crippen LogP contribution in [-0.2, 0) is 9.53 Å². The van der Waals surface area contributed by atoms with Gasteiger partial charge in [0, 0.05) is 35.7 Å². The lowest BCUT2D eigenvalue weighted by Gasteiger charge is -2.41. The highest BCUT2D eigenvalue weighted by atomic mass is 35.5. The molecule has 1 amide bonds.